The van der Waals surface area contributed by atoms with Crippen molar-refractivity contribution in [1.29, 1.82) is 0 Å². The summed E-state index contributed by atoms with van der Waals surface area (Å²) in [5.74, 6) is 0.0566. The minimum absolute atomic E-state index is 0. The van der Waals surface area contributed by atoms with Gasteiger partial charge in [0.05, 0.1) is 12.7 Å². The van der Waals surface area contributed by atoms with E-state index in [1.165, 1.54) is 134 Å². The van der Waals surface area contributed by atoms with E-state index in [1.807, 2.05) is 115 Å². The van der Waals surface area contributed by atoms with Crippen LogP contribution in [0.4, 0.5) is 0 Å². The largest absolute Gasteiger partial charge is 4.00 e. The van der Waals surface area contributed by atoms with Crippen LogP contribution in [0.25, 0.3) is 0 Å². The normalized spacial score (nSPS) is 14.2. The van der Waals surface area contributed by atoms with Gasteiger partial charge in [-0.05, 0) is 65.6 Å². The standard InChI is InChI=1S/C23H27NO3.C13H16O2.2C6H6S2.2C5H10.4CH3.2Ti/c1-27-23(26)21(16-18-7-3-2-4-8-18)24-22(25)20-13-11-19(12-14-20)15-17-9-5-6-10-17;14-13(15)12-7-5-11(6-8-12)9-10-3-1-2-4-10;2*7-5-3-1-2-4-6(5)8;2*1-2-4-5-3-1;;;;;;/h2-4,7-8,11-14,17,21H,5-6,9-10,15-16H2,1H3,(H,24,25);5-8,10H,1-4,9H2,(H,14,15);2*1-4,7-8H;2*1-5H2;4*1H3;;/q;;;;;;4*-1;2*+4/p-4/t21-;;;;;;;;;;;/m0.........../s1. The maximum absolute atomic E-state index is 12.6. The summed E-state index contributed by atoms with van der Waals surface area (Å²) in [5, 5.41) is 11.6. The van der Waals surface area contributed by atoms with Crippen molar-refractivity contribution < 1.29 is 67.7 Å². The van der Waals surface area contributed by atoms with Crippen molar-refractivity contribution in [2.45, 2.75) is 160 Å². The minimum atomic E-state index is -0.845. The van der Waals surface area contributed by atoms with Gasteiger partial charge in [-0.1, -0.05) is 219 Å². The summed E-state index contributed by atoms with van der Waals surface area (Å²) in [4.78, 5) is 38.4. The van der Waals surface area contributed by atoms with Gasteiger partial charge in [0, 0.05) is 12.0 Å². The summed E-state index contributed by atoms with van der Waals surface area (Å²) in [6.07, 6.45) is 28.3. The third-order valence-electron chi connectivity index (χ3n) is 12.7. The van der Waals surface area contributed by atoms with Crippen LogP contribution in [0.15, 0.2) is 147 Å². The predicted octanol–water partition coefficient (Wildman–Crippen LogP) is 15.7. The Bertz CT molecular complexity index is 2070. The molecule has 0 radical (unpaired) electrons. The summed E-state index contributed by atoms with van der Waals surface area (Å²) < 4.78 is 4.86. The first-order valence-electron chi connectivity index (χ1n) is 24.7. The van der Waals surface area contributed by atoms with Gasteiger partial charge in [-0.2, -0.15) is 19.6 Å². The second-order valence-corrected chi connectivity index (χ2v) is 19.8. The van der Waals surface area contributed by atoms with Crippen LogP contribution in [0, 0.1) is 41.5 Å². The molecule has 4 saturated carbocycles. The van der Waals surface area contributed by atoms with Crippen molar-refractivity contribution in [3.05, 3.63) is 185 Å². The van der Waals surface area contributed by atoms with E-state index in [9.17, 15) is 14.4 Å². The number of aromatic carboxylic acids is 1. The van der Waals surface area contributed by atoms with E-state index < -0.39 is 18.0 Å². The molecule has 5 aromatic carbocycles. The number of hydrogen-bond acceptors (Lipinski definition) is 8. The molecule has 0 aliphatic heterocycles. The van der Waals surface area contributed by atoms with Crippen LogP contribution < -0.4 is 5.32 Å². The van der Waals surface area contributed by atoms with Crippen LogP contribution in [0.3, 0.4) is 0 Å². The number of carboxylic acid groups (broad SMARTS) is 1. The van der Waals surface area contributed by atoms with Gasteiger partial charge in [-0.25, -0.2) is 9.59 Å². The second-order valence-electron chi connectivity index (χ2n) is 18.1. The molecule has 0 aromatic heterocycles. The van der Waals surface area contributed by atoms with Crippen LogP contribution in [0.5, 0.6) is 0 Å². The number of carboxylic acids is 1. The van der Waals surface area contributed by atoms with E-state index in [-0.39, 0.29) is 79.0 Å². The molecule has 0 bridgehead atoms. The zero-order valence-corrected chi connectivity index (χ0v) is 51.3. The Morgan fingerprint density at radius 2 is 0.784 bits per heavy atom. The monoisotopic (exact) mass is 1150 g/mol. The minimum Gasteiger partial charge on any atom is -0.781 e. The van der Waals surface area contributed by atoms with E-state index in [4.69, 9.17) is 60.4 Å². The molecular weight excluding hydrogens is 1060 g/mol. The Morgan fingerprint density at radius 1 is 0.473 bits per heavy atom. The van der Waals surface area contributed by atoms with Crippen molar-refractivity contribution in [3.63, 3.8) is 0 Å². The smallest absolute Gasteiger partial charge is 0.781 e. The first kappa shape index (κ1) is 75.1. The molecule has 4 aliphatic carbocycles. The van der Waals surface area contributed by atoms with Crippen molar-refractivity contribution in [1.82, 2.24) is 5.32 Å². The Balaban J connectivity index is -0.000000906. The first-order chi connectivity index (χ1) is 33.0. The number of amides is 1. The predicted molar refractivity (Wildman–Crippen MR) is 312 cm³/mol. The maximum Gasteiger partial charge on any atom is 4.00 e. The van der Waals surface area contributed by atoms with E-state index in [0.29, 0.717) is 17.5 Å². The molecule has 1 atom stereocenters. The van der Waals surface area contributed by atoms with Crippen LogP contribution in [0.1, 0.15) is 153 Å². The number of methoxy groups -OCH3 is 1. The van der Waals surface area contributed by atoms with Gasteiger partial charge in [-0.3, -0.25) is 4.79 Å². The Labute approximate surface area is 501 Å². The zero-order valence-electron chi connectivity index (χ0n) is 44.9. The molecular formula is C62H83NO5S4Ti2. The average molecular weight is 1150 g/mol. The van der Waals surface area contributed by atoms with Crippen molar-refractivity contribution in [2.75, 3.05) is 7.11 Å². The topological polar surface area (TPSA) is 92.7 Å². The fourth-order valence-electron chi connectivity index (χ4n) is 8.77. The van der Waals surface area contributed by atoms with Gasteiger partial charge in [0.1, 0.15) is 6.04 Å². The van der Waals surface area contributed by atoms with E-state index in [1.54, 1.807) is 12.1 Å². The van der Waals surface area contributed by atoms with Crippen molar-refractivity contribution in [3.8, 4) is 0 Å². The molecule has 1 amide bonds. The number of esters is 1. The quantitative estimate of drug-likeness (QED) is 0.0614. The van der Waals surface area contributed by atoms with Gasteiger partial charge >= 0.3 is 55.4 Å². The van der Waals surface area contributed by atoms with Crippen LogP contribution in [-0.4, -0.2) is 36.1 Å². The first-order valence-corrected chi connectivity index (χ1v) is 26.4. The molecule has 2 N–H and O–H groups in total. The van der Waals surface area contributed by atoms with Gasteiger partial charge in [-0.15, -0.1) is 0 Å². The molecule has 9 rings (SSSR count). The number of hydrogen-bond donors (Lipinski definition) is 2. The number of carbonyl (C=O) groups is 3. The van der Waals surface area contributed by atoms with Gasteiger partial charge < -0.3 is 95.4 Å². The van der Waals surface area contributed by atoms with Crippen LogP contribution >= 0.6 is 0 Å². The average Bonchev–Trinajstić information content (AvgIpc) is 4.23. The maximum atomic E-state index is 12.6. The number of nitrogens with one attached hydrogen (secondary N) is 1. The Kier molecular flexibility index (Phi) is 45.5. The van der Waals surface area contributed by atoms with Crippen LogP contribution in [0.2, 0.25) is 0 Å². The molecule has 74 heavy (non-hydrogen) atoms. The molecule has 4 fully saturated rings. The molecule has 398 valence electrons. The summed E-state index contributed by atoms with van der Waals surface area (Å²) in [5.41, 5.74) is 4.46. The van der Waals surface area contributed by atoms with Crippen molar-refractivity contribution >= 4 is 68.4 Å². The summed E-state index contributed by atoms with van der Waals surface area (Å²) >= 11 is 19.4. The number of benzene rings is 5. The number of ether oxygens (including phenoxy) is 1. The molecule has 12 heteroatoms. The van der Waals surface area contributed by atoms with E-state index in [2.05, 4.69) is 5.32 Å². The SMILES string of the molecule is C1CCCC1.C1CCCC1.COC(=O)[C@H](Cc1ccccc1)NC(=O)c1ccc(CC2CCCC2)cc1.O=C(O)c1ccc(CC2CCCC2)cc1.[CH3-].[CH3-].[CH3-].[CH3-].[S-]c1ccccc1[S-].[S-]c1ccccc1[S-].[Ti+4].[Ti+4]. The molecule has 0 saturated heterocycles. The fourth-order valence-corrected chi connectivity index (χ4v) is 9.35. The Hall–Kier alpha value is -3.18. The zero-order chi connectivity index (χ0) is 48.8. The molecule has 0 unspecified atom stereocenters. The third kappa shape index (κ3) is 31.1. The fraction of sp³-hybridized carbons (Fsp3) is 0.403. The Morgan fingerprint density at radius 3 is 1.08 bits per heavy atom. The van der Waals surface area contributed by atoms with E-state index >= 15 is 0 Å². The second kappa shape index (κ2) is 44.9. The molecule has 0 spiro atoms. The van der Waals surface area contributed by atoms with E-state index in [0.717, 1.165) is 49.8 Å². The van der Waals surface area contributed by atoms with Crippen molar-refractivity contribution in [2.24, 2.45) is 11.8 Å². The number of carbonyl (C=O) groups excluding carboxylic acids is 2. The number of rotatable bonds is 10. The molecule has 4 aliphatic rings. The van der Waals surface area contributed by atoms with Gasteiger partial charge in [0.2, 0.25) is 0 Å². The summed E-state index contributed by atoms with van der Waals surface area (Å²) in [6.45, 7) is 0. The molecule has 0 heterocycles. The third-order valence-corrected chi connectivity index (χ3v) is 14.4. The van der Waals surface area contributed by atoms with Crippen LogP contribution in [-0.2, 0) is 123 Å². The van der Waals surface area contributed by atoms with Gasteiger partial charge in [0.25, 0.3) is 5.91 Å². The summed E-state index contributed by atoms with van der Waals surface area (Å²) in [7, 11) is 1.34. The summed E-state index contributed by atoms with van der Waals surface area (Å²) in [6, 6.07) is 38.8. The molecule has 6 nitrogen and oxygen atoms in total. The molecule has 5 aromatic rings. The van der Waals surface area contributed by atoms with Gasteiger partial charge in [0.15, 0.2) is 0 Å².